The van der Waals surface area contributed by atoms with Crippen LogP contribution in [-0.2, 0) is 0 Å². The number of aryl methyl sites for hydroxylation is 1. The van der Waals surface area contributed by atoms with Crippen molar-refractivity contribution >= 4 is 11.9 Å². The second-order valence-electron chi connectivity index (χ2n) is 2.76. The summed E-state index contributed by atoms with van der Waals surface area (Å²) in [7, 11) is 1.98. The van der Waals surface area contributed by atoms with Crippen LogP contribution in [0.25, 0.3) is 6.08 Å². The summed E-state index contributed by atoms with van der Waals surface area (Å²) in [4.78, 5) is 3.19. The highest BCUT2D eigenvalue weighted by molar-refractivity contribution is 5.69. The molecule has 13 heavy (non-hydrogen) atoms. The van der Waals surface area contributed by atoms with Crippen LogP contribution in [0.2, 0.25) is 0 Å². The summed E-state index contributed by atoms with van der Waals surface area (Å²) >= 11 is 0. The molecule has 1 aliphatic heterocycles. The zero-order chi connectivity index (χ0) is 9.84. The van der Waals surface area contributed by atoms with E-state index in [2.05, 4.69) is 23.4 Å². The van der Waals surface area contributed by atoms with E-state index in [1.807, 2.05) is 38.3 Å². The van der Waals surface area contributed by atoms with Gasteiger partial charge < -0.3 is 10.4 Å². The van der Waals surface area contributed by atoms with Crippen LogP contribution in [0.5, 0.6) is 0 Å². The summed E-state index contributed by atoms with van der Waals surface area (Å²) in [6.07, 6.45) is 6.02. The summed E-state index contributed by atoms with van der Waals surface area (Å²) < 4.78 is 0. The first kappa shape index (κ1) is 9.71. The quantitative estimate of drug-likeness (QED) is 0.640. The van der Waals surface area contributed by atoms with Crippen molar-refractivity contribution in [3.63, 3.8) is 0 Å². The molecule has 3 nitrogen and oxygen atoms in total. The number of nitrogens with one attached hydrogen (secondary N) is 2. The Kier molecular flexibility index (Phi) is 3.01. The second-order valence-corrected chi connectivity index (χ2v) is 2.76. The van der Waals surface area contributed by atoms with Gasteiger partial charge >= 0.3 is 0 Å². The molecule has 1 aromatic heterocycles. The van der Waals surface area contributed by atoms with E-state index >= 15 is 0 Å². The number of aromatic nitrogens is 1. The van der Waals surface area contributed by atoms with Crippen molar-refractivity contribution in [1.29, 1.82) is 0 Å². The van der Waals surface area contributed by atoms with Crippen molar-refractivity contribution in [3.8, 4) is 0 Å². The van der Waals surface area contributed by atoms with Crippen LogP contribution in [-0.4, -0.2) is 12.0 Å². The van der Waals surface area contributed by atoms with Gasteiger partial charge in [0, 0.05) is 25.0 Å². The van der Waals surface area contributed by atoms with Gasteiger partial charge in [0.25, 0.3) is 0 Å². The molecule has 2 N–H and O–H groups in total. The van der Waals surface area contributed by atoms with E-state index in [0.717, 1.165) is 5.82 Å². The lowest BCUT2D eigenvalue weighted by Crippen LogP contribution is -2.32. The molecule has 0 unspecified atom stereocenters. The third kappa shape index (κ3) is 1.69. The van der Waals surface area contributed by atoms with Crippen molar-refractivity contribution in [2.75, 3.05) is 12.1 Å². The molecule has 0 saturated carbocycles. The van der Waals surface area contributed by atoms with Gasteiger partial charge in [0.1, 0.15) is 5.82 Å². The minimum Gasteiger partial charge on any atom is -0.346 e. The molecule has 1 aliphatic rings. The molecule has 3 heteroatoms. The Morgan fingerprint density at radius 2 is 2.00 bits per heavy atom. The van der Waals surface area contributed by atoms with Crippen molar-refractivity contribution in [3.05, 3.63) is 23.5 Å². The topological polar surface area (TPSA) is 31.1 Å². The number of H-pyrrole nitrogens is 1. The Morgan fingerprint density at radius 3 is 2.62 bits per heavy atom. The summed E-state index contributed by atoms with van der Waals surface area (Å²) in [5, 5.41) is 1.96. The average molecular weight is 179 g/mol. The molecule has 2 rings (SSSR count). The summed E-state index contributed by atoms with van der Waals surface area (Å²) in [6.45, 7) is 6.10. The Bertz CT molecular complexity index is 299. The lowest BCUT2D eigenvalue weighted by atomic mass is 10.2. The molecule has 0 aliphatic carbocycles. The zero-order valence-electron chi connectivity index (χ0n) is 8.68. The molecule has 0 radical (unpaired) electrons. The van der Waals surface area contributed by atoms with Crippen LogP contribution < -0.4 is 10.4 Å². The molecule has 2 heterocycles. The Morgan fingerprint density at radius 1 is 1.31 bits per heavy atom. The van der Waals surface area contributed by atoms with Crippen LogP contribution in [0.4, 0.5) is 5.82 Å². The maximum absolute atomic E-state index is 3.19. The number of rotatable bonds is 0. The van der Waals surface area contributed by atoms with Gasteiger partial charge in [0.05, 0.1) is 0 Å². The maximum atomic E-state index is 3.19. The van der Waals surface area contributed by atoms with E-state index < -0.39 is 0 Å². The molecular formula is C10H17N3. The largest absolute Gasteiger partial charge is 0.346 e. The first-order valence-electron chi connectivity index (χ1n) is 4.63. The highest BCUT2D eigenvalue weighted by atomic mass is 15.5. The highest BCUT2D eigenvalue weighted by Crippen LogP contribution is 2.23. The monoisotopic (exact) mass is 179 g/mol. The number of hydrazine groups is 1. The van der Waals surface area contributed by atoms with Gasteiger partial charge in [-0.3, -0.25) is 5.01 Å². The first-order valence-corrected chi connectivity index (χ1v) is 4.63. The number of hydrogen-bond acceptors (Lipinski definition) is 2. The maximum Gasteiger partial charge on any atom is 0.132 e. The fraction of sp³-hybridized carbons (Fsp3) is 0.400. The molecule has 0 bridgehead atoms. The molecule has 72 valence electrons. The van der Waals surface area contributed by atoms with E-state index in [0.29, 0.717) is 0 Å². The molecule has 0 atom stereocenters. The molecule has 0 amide bonds. The average Bonchev–Trinajstić information content (AvgIpc) is 2.53. The summed E-state index contributed by atoms with van der Waals surface area (Å²) in [5.74, 6) is 1.13. The summed E-state index contributed by atoms with van der Waals surface area (Å²) in [5.41, 5.74) is 5.62. The third-order valence-electron chi connectivity index (χ3n) is 1.96. The molecule has 0 fully saturated rings. The van der Waals surface area contributed by atoms with Gasteiger partial charge in [-0.2, -0.15) is 0 Å². The van der Waals surface area contributed by atoms with E-state index in [1.54, 1.807) is 0 Å². The van der Waals surface area contributed by atoms with Gasteiger partial charge in [-0.15, -0.1) is 0 Å². The molecule has 1 aromatic rings. The third-order valence-corrected chi connectivity index (χ3v) is 1.96. The first-order chi connectivity index (χ1) is 6.29. The smallest absolute Gasteiger partial charge is 0.132 e. The SMILES string of the molecule is CC.Cc1c[nH]c2c1C=CNN2C. The van der Waals surface area contributed by atoms with Gasteiger partial charge in [0.2, 0.25) is 0 Å². The zero-order valence-corrected chi connectivity index (χ0v) is 8.68. The van der Waals surface area contributed by atoms with E-state index in [4.69, 9.17) is 0 Å². The second kappa shape index (κ2) is 4.03. The number of fused-ring (bicyclic) bond motifs is 1. The fourth-order valence-electron chi connectivity index (χ4n) is 1.30. The van der Waals surface area contributed by atoms with Crippen LogP contribution in [0.3, 0.4) is 0 Å². The Hall–Kier alpha value is -1.38. The lowest BCUT2D eigenvalue weighted by Gasteiger charge is -2.21. The molecular weight excluding hydrogens is 162 g/mol. The molecule has 0 spiro atoms. The number of hydrogen-bond donors (Lipinski definition) is 2. The Labute approximate surface area is 79.4 Å². The minimum atomic E-state index is 1.13. The van der Waals surface area contributed by atoms with E-state index in [9.17, 15) is 0 Å². The highest BCUT2D eigenvalue weighted by Gasteiger charge is 2.11. The lowest BCUT2D eigenvalue weighted by molar-refractivity contribution is 0.817. The van der Waals surface area contributed by atoms with Crippen LogP contribution in [0, 0.1) is 6.92 Å². The van der Waals surface area contributed by atoms with Crippen LogP contribution in [0.15, 0.2) is 12.4 Å². The van der Waals surface area contributed by atoms with Crippen molar-refractivity contribution < 1.29 is 0 Å². The number of anilines is 1. The van der Waals surface area contributed by atoms with Gasteiger partial charge in [-0.1, -0.05) is 13.8 Å². The van der Waals surface area contributed by atoms with Crippen molar-refractivity contribution in [2.24, 2.45) is 0 Å². The number of nitrogens with zero attached hydrogens (tertiary/aromatic N) is 1. The van der Waals surface area contributed by atoms with Gasteiger partial charge in [-0.25, -0.2) is 0 Å². The van der Waals surface area contributed by atoms with Crippen LogP contribution >= 0.6 is 0 Å². The molecule has 0 saturated heterocycles. The van der Waals surface area contributed by atoms with Crippen LogP contribution in [0.1, 0.15) is 25.0 Å². The van der Waals surface area contributed by atoms with Gasteiger partial charge in [0.15, 0.2) is 0 Å². The van der Waals surface area contributed by atoms with E-state index in [-0.39, 0.29) is 0 Å². The Balaban J connectivity index is 0.000000396. The van der Waals surface area contributed by atoms with Crippen molar-refractivity contribution in [1.82, 2.24) is 10.4 Å². The molecule has 0 aromatic carbocycles. The normalized spacial score (nSPS) is 12.8. The van der Waals surface area contributed by atoms with Gasteiger partial charge in [-0.05, 0) is 18.6 Å². The van der Waals surface area contributed by atoms with Crippen molar-refractivity contribution in [2.45, 2.75) is 20.8 Å². The standard InChI is InChI=1S/C8H11N3.C2H6/c1-6-5-9-8-7(6)3-4-10-11(8)2;1-2/h3-5,9-10H,1-2H3;1-2H3. The minimum absolute atomic E-state index is 1.13. The van der Waals surface area contributed by atoms with E-state index in [1.165, 1.54) is 11.1 Å². The summed E-state index contributed by atoms with van der Waals surface area (Å²) in [6, 6.07) is 0. The fourth-order valence-corrected chi connectivity index (χ4v) is 1.30. The number of aromatic amines is 1. The predicted molar refractivity (Wildman–Crippen MR) is 57.5 cm³/mol. The predicted octanol–water partition coefficient (Wildman–Crippen LogP) is 2.27.